The van der Waals surface area contributed by atoms with Gasteiger partial charge in [0.15, 0.2) is 0 Å². The molecule has 0 radical (unpaired) electrons. The highest BCUT2D eigenvalue weighted by atomic mass is 35.5. The molecule has 0 saturated heterocycles. The topological polar surface area (TPSA) is 17.8 Å². The number of hydrogen-bond acceptors (Lipinski definition) is 1. The van der Waals surface area contributed by atoms with Gasteiger partial charge in [0, 0.05) is 24.2 Å². The van der Waals surface area contributed by atoms with Gasteiger partial charge in [-0.05, 0) is 34.5 Å². The van der Waals surface area contributed by atoms with E-state index in [-0.39, 0.29) is 0 Å². The Morgan fingerprint density at radius 3 is 2.62 bits per heavy atom. The Bertz CT molecular complexity index is 969. The Balaban J connectivity index is 1.99. The van der Waals surface area contributed by atoms with Crippen LogP contribution >= 0.6 is 11.6 Å². The van der Waals surface area contributed by atoms with Crippen LogP contribution in [0.15, 0.2) is 60.8 Å². The molecule has 0 spiro atoms. The molecular weight excluding hydrogens is 280 g/mol. The van der Waals surface area contributed by atoms with E-state index in [2.05, 4.69) is 53.6 Å². The first-order valence-electron chi connectivity index (χ1n) is 6.83. The van der Waals surface area contributed by atoms with Gasteiger partial charge in [-0.2, -0.15) is 0 Å². The molecule has 0 atom stereocenters. The molecule has 0 bridgehead atoms. The molecule has 2 aromatic carbocycles. The van der Waals surface area contributed by atoms with E-state index in [0.29, 0.717) is 5.15 Å². The molecule has 2 heterocycles. The largest absolute Gasteiger partial charge is 0.335 e. The quantitative estimate of drug-likeness (QED) is 0.449. The van der Waals surface area contributed by atoms with Crippen LogP contribution in [0.3, 0.4) is 0 Å². The molecule has 0 saturated carbocycles. The fourth-order valence-electron chi connectivity index (χ4n) is 2.82. The van der Waals surface area contributed by atoms with E-state index in [4.69, 9.17) is 11.6 Å². The molecule has 0 aliphatic heterocycles. The average Bonchev–Trinajstić information content (AvgIpc) is 2.83. The lowest BCUT2D eigenvalue weighted by Gasteiger charge is -2.03. The molecule has 0 aliphatic carbocycles. The number of halogens is 1. The van der Waals surface area contributed by atoms with E-state index < -0.39 is 0 Å². The summed E-state index contributed by atoms with van der Waals surface area (Å²) in [5.74, 6) is 0. The van der Waals surface area contributed by atoms with Crippen molar-refractivity contribution in [2.75, 3.05) is 0 Å². The summed E-state index contributed by atoms with van der Waals surface area (Å²) in [6.07, 6.45) is 2.11. The smallest absolute Gasteiger partial charge is 0.142 e. The Morgan fingerprint density at radius 2 is 1.76 bits per heavy atom. The van der Waals surface area contributed by atoms with Crippen LogP contribution in [0.5, 0.6) is 0 Å². The lowest BCUT2D eigenvalue weighted by Crippen LogP contribution is -1.86. The maximum atomic E-state index is 6.00. The van der Waals surface area contributed by atoms with Gasteiger partial charge in [-0.3, -0.25) is 0 Å². The van der Waals surface area contributed by atoms with Crippen LogP contribution in [0.1, 0.15) is 0 Å². The third kappa shape index (κ3) is 1.99. The number of nitrogens with zero attached hydrogens (tertiary/aromatic N) is 2. The van der Waals surface area contributed by atoms with Crippen LogP contribution in [0, 0.1) is 0 Å². The molecule has 4 rings (SSSR count). The SMILES string of the molecule is Cn1cc(-c2ccc3ccccc3c2)c2ccc(Cl)nc21. The first kappa shape index (κ1) is 12.4. The van der Waals surface area contributed by atoms with Gasteiger partial charge in [0.25, 0.3) is 0 Å². The van der Waals surface area contributed by atoms with Crippen LogP contribution in [-0.4, -0.2) is 9.55 Å². The highest BCUT2D eigenvalue weighted by molar-refractivity contribution is 6.29. The maximum Gasteiger partial charge on any atom is 0.142 e. The van der Waals surface area contributed by atoms with E-state index in [9.17, 15) is 0 Å². The van der Waals surface area contributed by atoms with E-state index in [1.165, 1.54) is 21.9 Å². The fraction of sp³-hybridized carbons (Fsp3) is 0.0556. The monoisotopic (exact) mass is 292 g/mol. The predicted molar refractivity (Wildman–Crippen MR) is 88.7 cm³/mol. The van der Waals surface area contributed by atoms with Gasteiger partial charge in [0.05, 0.1) is 0 Å². The van der Waals surface area contributed by atoms with Crippen molar-refractivity contribution in [1.29, 1.82) is 0 Å². The van der Waals surface area contributed by atoms with E-state index in [1.54, 1.807) is 0 Å². The zero-order chi connectivity index (χ0) is 14.4. The third-order valence-corrected chi connectivity index (χ3v) is 4.06. The summed E-state index contributed by atoms with van der Waals surface area (Å²) in [6, 6.07) is 18.8. The van der Waals surface area contributed by atoms with Gasteiger partial charge < -0.3 is 4.57 Å². The summed E-state index contributed by atoms with van der Waals surface area (Å²) >= 11 is 6.00. The van der Waals surface area contributed by atoms with Gasteiger partial charge >= 0.3 is 0 Å². The van der Waals surface area contributed by atoms with Gasteiger partial charge in [-0.15, -0.1) is 0 Å². The number of aryl methyl sites for hydroxylation is 1. The zero-order valence-electron chi connectivity index (χ0n) is 11.5. The highest BCUT2D eigenvalue weighted by Gasteiger charge is 2.10. The summed E-state index contributed by atoms with van der Waals surface area (Å²) in [4.78, 5) is 4.41. The predicted octanol–water partition coefficient (Wildman–Crippen LogP) is 5.05. The van der Waals surface area contributed by atoms with Crippen molar-refractivity contribution in [2.45, 2.75) is 0 Å². The summed E-state index contributed by atoms with van der Waals surface area (Å²) in [7, 11) is 2.00. The summed E-state index contributed by atoms with van der Waals surface area (Å²) in [6.45, 7) is 0. The Labute approximate surface area is 127 Å². The van der Waals surface area contributed by atoms with Crippen LogP contribution in [-0.2, 0) is 7.05 Å². The number of aromatic nitrogens is 2. The first-order valence-corrected chi connectivity index (χ1v) is 7.21. The van der Waals surface area contributed by atoms with Gasteiger partial charge in [-0.25, -0.2) is 4.98 Å². The summed E-state index contributed by atoms with van der Waals surface area (Å²) in [5, 5.41) is 4.14. The molecule has 0 aliphatic rings. The molecule has 2 aromatic heterocycles. The van der Waals surface area contributed by atoms with Crippen LogP contribution in [0.2, 0.25) is 5.15 Å². The van der Waals surface area contributed by atoms with Crippen LogP contribution in [0.25, 0.3) is 32.9 Å². The second kappa shape index (κ2) is 4.61. The summed E-state index contributed by atoms with van der Waals surface area (Å²) in [5.41, 5.74) is 3.29. The Morgan fingerprint density at radius 1 is 0.952 bits per heavy atom. The number of rotatable bonds is 1. The van der Waals surface area contributed by atoms with Crippen molar-refractivity contribution in [1.82, 2.24) is 9.55 Å². The van der Waals surface area contributed by atoms with Crippen LogP contribution < -0.4 is 0 Å². The van der Waals surface area contributed by atoms with Gasteiger partial charge in [0.1, 0.15) is 10.8 Å². The Hall–Kier alpha value is -2.32. The highest BCUT2D eigenvalue weighted by Crippen LogP contribution is 2.32. The molecule has 0 amide bonds. The first-order chi connectivity index (χ1) is 10.2. The molecule has 3 heteroatoms. The molecule has 2 nitrogen and oxygen atoms in total. The number of benzene rings is 2. The lowest BCUT2D eigenvalue weighted by molar-refractivity contribution is 0.949. The Kier molecular flexibility index (Phi) is 2.72. The maximum absolute atomic E-state index is 6.00. The number of pyridine rings is 1. The van der Waals surface area contributed by atoms with E-state index >= 15 is 0 Å². The minimum Gasteiger partial charge on any atom is -0.335 e. The molecule has 4 aromatic rings. The minimum atomic E-state index is 0.522. The normalized spacial score (nSPS) is 11.3. The second-order valence-corrected chi connectivity index (χ2v) is 5.61. The molecule has 0 N–H and O–H groups in total. The molecular formula is C18H13ClN2. The minimum absolute atomic E-state index is 0.522. The standard InChI is InChI=1S/C18H13ClN2/c1-21-11-16(15-8-9-17(19)20-18(15)21)14-7-6-12-4-2-3-5-13(12)10-14/h2-11H,1H3. The zero-order valence-corrected chi connectivity index (χ0v) is 12.3. The van der Waals surface area contributed by atoms with Crippen molar-refractivity contribution in [3.8, 4) is 11.1 Å². The van der Waals surface area contributed by atoms with Gasteiger partial charge in [-0.1, -0.05) is 48.0 Å². The molecule has 0 fully saturated rings. The van der Waals surface area contributed by atoms with Crippen molar-refractivity contribution in [2.24, 2.45) is 7.05 Å². The summed E-state index contributed by atoms with van der Waals surface area (Å²) < 4.78 is 2.02. The van der Waals surface area contributed by atoms with E-state index in [1.807, 2.05) is 23.7 Å². The van der Waals surface area contributed by atoms with Crippen molar-refractivity contribution >= 4 is 33.4 Å². The number of fused-ring (bicyclic) bond motifs is 2. The molecule has 21 heavy (non-hydrogen) atoms. The van der Waals surface area contributed by atoms with Gasteiger partial charge in [0.2, 0.25) is 0 Å². The molecule has 0 unspecified atom stereocenters. The second-order valence-electron chi connectivity index (χ2n) is 5.22. The number of hydrogen-bond donors (Lipinski definition) is 0. The average molecular weight is 293 g/mol. The van der Waals surface area contributed by atoms with Crippen molar-refractivity contribution < 1.29 is 0 Å². The third-order valence-electron chi connectivity index (χ3n) is 3.85. The fourth-order valence-corrected chi connectivity index (χ4v) is 2.96. The van der Waals surface area contributed by atoms with E-state index in [0.717, 1.165) is 11.0 Å². The molecule has 102 valence electrons. The van der Waals surface area contributed by atoms with Crippen molar-refractivity contribution in [3.63, 3.8) is 0 Å². The van der Waals surface area contributed by atoms with Crippen LogP contribution in [0.4, 0.5) is 0 Å². The lowest BCUT2D eigenvalue weighted by atomic mass is 10.0. The van der Waals surface area contributed by atoms with Crippen molar-refractivity contribution in [3.05, 3.63) is 65.9 Å².